The Hall–Kier alpha value is -3.88. The number of piperazine rings is 1. The number of hydrogen-bond donors (Lipinski definition) is 0. The third-order valence-electron chi connectivity index (χ3n) is 5.80. The molecule has 0 unspecified atom stereocenters. The van der Waals surface area contributed by atoms with E-state index in [0.29, 0.717) is 42.3 Å². The van der Waals surface area contributed by atoms with Crippen LogP contribution in [0.4, 0.5) is 0 Å². The summed E-state index contributed by atoms with van der Waals surface area (Å²) >= 11 is 0. The van der Waals surface area contributed by atoms with Crippen LogP contribution >= 0.6 is 0 Å². The van der Waals surface area contributed by atoms with Crippen molar-refractivity contribution in [2.75, 3.05) is 26.7 Å². The van der Waals surface area contributed by atoms with Crippen LogP contribution < -0.4 is 9.47 Å². The second kappa shape index (κ2) is 9.72. The van der Waals surface area contributed by atoms with Crippen LogP contribution in [0.25, 0.3) is 0 Å². The zero-order chi connectivity index (χ0) is 23.4. The number of amides is 2. The average Bonchev–Trinajstić information content (AvgIpc) is 3.26. The molecule has 1 saturated heterocycles. The molecule has 0 saturated carbocycles. The fraction of sp³-hybridized carbons (Fsp3) is 0.333. The van der Waals surface area contributed by atoms with Gasteiger partial charge in [0.05, 0.1) is 18.7 Å². The minimum Gasteiger partial charge on any atom is -0.497 e. The van der Waals surface area contributed by atoms with Crippen molar-refractivity contribution in [2.24, 2.45) is 0 Å². The van der Waals surface area contributed by atoms with E-state index in [9.17, 15) is 9.59 Å². The summed E-state index contributed by atoms with van der Waals surface area (Å²) in [4.78, 5) is 29.3. The first-order valence-electron chi connectivity index (χ1n) is 10.7. The van der Waals surface area contributed by atoms with E-state index in [1.807, 2.05) is 30.3 Å². The average molecular weight is 450 g/mol. The topological polar surface area (TPSA) is 98.0 Å². The lowest BCUT2D eigenvalue weighted by atomic mass is 10.0. The number of aryl methyl sites for hydroxylation is 1. The lowest BCUT2D eigenvalue weighted by molar-refractivity contribution is -0.133. The van der Waals surface area contributed by atoms with E-state index in [1.165, 1.54) is 0 Å². The summed E-state index contributed by atoms with van der Waals surface area (Å²) in [5.41, 5.74) is 2.62. The Bertz CT molecular complexity index is 1130. The second-order valence-electron chi connectivity index (χ2n) is 7.83. The molecule has 1 aromatic heterocycles. The monoisotopic (exact) mass is 450 g/mol. The van der Waals surface area contributed by atoms with Crippen molar-refractivity contribution in [3.05, 3.63) is 71.0 Å². The van der Waals surface area contributed by atoms with Crippen LogP contribution in [0.5, 0.6) is 11.5 Å². The number of benzene rings is 2. The van der Waals surface area contributed by atoms with Crippen LogP contribution in [0, 0.1) is 6.92 Å². The van der Waals surface area contributed by atoms with Crippen LogP contribution in [-0.4, -0.2) is 58.7 Å². The maximum absolute atomic E-state index is 13.5. The van der Waals surface area contributed by atoms with Gasteiger partial charge in [0.1, 0.15) is 29.5 Å². The van der Waals surface area contributed by atoms with Crippen molar-refractivity contribution < 1.29 is 23.7 Å². The van der Waals surface area contributed by atoms with E-state index in [-0.39, 0.29) is 24.5 Å². The van der Waals surface area contributed by atoms with Gasteiger partial charge in [-0.1, -0.05) is 34.6 Å². The highest BCUT2D eigenvalue weighted by Crippen LogP contribution is 2.29. The molecule has 0 N–H and O–H groups in total. The first-order chi connectivity index (χ1) is 16.0. The third-order valence-corrected chi connectivity index (χ3v) is 5.80. The molecule has 0 bridgehead atoms. The number of carbonyl (C=O) groups is 2. The molecule has 9 nitrogen and oxygen atoms in total. The minimum absolute atomic E-state index is 0.0248. The number of nitrogens with zero attached hydrogens (tertiary/aromatic N) is 4. The Morgan fingerprint density at radius 2 is 1.85 bits per heavy atom. The van der Waals surface area contributed by atoms with Crippen molar-refractivity contribution >= 4 is 11.8 Å². The van der Waals surface area contributed by atoms with E-state index in [1.54, 1.807) is 49.0 Å². The van der Waals surface area contributed by atoms with Crippen LogP contribution in [0.2, 0.25) is 0 Å². The van der Waals surface area contributed by atoms with Gasteiger partial charge in [0.25, 0.3) is 5.91 Å². The first-order valence-corrected chi connectivity index (χ1v) is 10.7. The molecule has 2 amide bonds. The number of para-hydroxylation sites is 1. The molecule has 4 rings (SSSR count). The number of ether oxygens (including phenoxy) is 2. The molecule has 3 aromatic rings. The molecule has 0 aliphatic carbocycles. The Morgan fingerprint density at radius 3 is 2.52 bits per heavy atom. The fourth-order valence-electron chi connectivity index (χ4n) is 3.92. The van der Waals surface area contributed by atoms with Crippen LogP contribution in [-0.2, 0) is 11.4 Å². The van der Waals surface area contributed by atoms with Crippen molar-refractivity contribution in [3.8, 4) is 11.5 Å². The van der Waals surface area contributed by atoms with Crippen molar-refractivity contribution in [1.82, 2.24) is 20.1 Å². The maximum Gasteiger partial charge on any atom is 0.257 e. The van der Waals surface area contributed by atoms with Gasteiger partial charge in [-0.05, 0) is 36.8 Å². The van der Waals surface area contributed by atoms with Crippen molar-refractivity contribution in [3.63, 3.8) is 0 Å². The second-order valence-corrected chi connectivity index (χ2v) is 7.83. The van der Waals surface area contributed by atoms with Crippen LogP contribution in [0.3, 0.4) is 0 Å². The molecule has 0 radical (unpaired) electrons. The summed E-state index contributed by atoms with van der Waals surface area (Å²) in [6, 6.07) is 14.4. The van der Waals surface area contributed by atoms with Gasteiger partial charge in [0.2, 0.25) is 5.91 Å². The standard InChI is InChI=1S/C24H26N4O5/c1-16-21(26-33-25-16)15-32-23-7-5-4-6-20(23)24(30)27-12-13-28(17(2)29)22(14-27)18-8-10-19(31-3)11-9-18/h4-11,22H,12-15H2,1-3H3/t22-/m0/s1. The molecule has 2 heterocycles. The van der Waals surface area contributed by atoms with Crippen molar-refractivity contribution in [2.45, 2.75) is 26.5 Å². The molecule has 0 spiro atoms. The molecule has 1 atom stereocenters. The van der Waals surface area contributed by atoms with Gasteiger partial charge in [-0.15, -0.1) is 0 Å². The zero-order valence-electron chi connectivity index (χ0n) is 18.9. The number of methoxy groups -OCH3 is 1. The number of hydrogen-bond acceptors (Lipinski definition) is 7. The Kier molecular flexibility index (Phi) is 6.58. The lowest BCUT2D eigenvalue weighted by Gasteiger charge is -2.41. The molecule has 172 valence electrons. The van der Waals surface area contributed by atoms with E-state index in [0.717, 1.165) is 11.3 Å². The summed E-state index contributed by atoms with van der Waals surface area (Å²) in [6.07, 6.45) is 0. The minimum atomic E-state index is -0.247. The van der Waals surface area contributed by atoms with E-state index in [4.69, 9.17) is 14.1 Å². The zero-order valence-corrected chi connectivity index (χ0v) is 18.9. The summed E-state index contributed by atoms with van der Waals surface area (Å²) in [5.74, 6) is 1.02. The SMILES string of the molecule is COc1ccc([C@@H]2CN(C(=O)c3ccccc3OCc3nonc3C)CCN2C(C)=O)cc1. The van der Waals surface area contributed by atoms with E-state index >= 15 is 0 Å². The Labute approximate surface area is 191 Å². The predicted molar refractivity (Wildman–Crippen MR) is 119 cm³/mol. The number of aromatic nitrogens is 2. The Morgan fingerprint density at radius 1 is 1.09 bits per heavy atom. The van der Waals surface area contributed by atoms with Gasteiger partial charge in [0, 0.05) is 26.6 Å². The molecule has 9 heteroatoms. The van der Waals surface area contributed by atoms with Gasteiger partial charge < -0.3 is 19.3 Å². The van der Waals surface area contributed by atoms with Gasteiger partial charge in [0.15, 0.2) is 0 Å². The maximum atomic E-state index is 13.5. The quantitative estimate of drug-likeness (QED) is 0.569. The van der Waals surface area contributed by atoms with E-state index in [2.05, 4.69) is 10.3 Å². The highest BCUT2D eigenvalue weighted by atomic mass is 16.6. The molecule has 1 aliphatic heterocycles. The fourth-order valence-corrected chi connectivity index (χ4v) is 3.92. The molecular weight excluding hydrogens is 424 g/mol. The molecule has 2 aromatic carbocycles. The molecule has 1 aliphatic rings. The molecule has 33 heavy (non-hydrogen) atoms. The smallest absolute Gasteiger partial charge is 0.257 e. The summed E-state index contributed by atoms with van der Waals surface area (Å²) in [5, 5.41) is 7.57. The van der Waals surface area contributed by atoms with Crippen LogP contribution in [0.1, 0.15) is 40.3 Å². The molecular formula is C24H26N4O5. The van der Waals surface area contributed by atoms with Gasteiger partial charge in [-0.2, -0.15) is 0 Å². The first kappa shape index (κ1) is 22.3. The highest BCUT2D eigenvalue weighted by molar-refractivity contribution is 5.97. The summed E-state index contributed by atoms with van der Waals surface area (Å²) < 4.78 is 15.8. The normalized spacial score (nSPS) is 15.9. The number of rotatable bonds is 6. The lowest BCUT2D eigenvalue weighted by Crippen LogP contribution is -2.51. The summed E-state index contributed by atoms with van der Waals surface area (Å²) in [7, 11) is 1.61. The predicted octanol–water partition coefficient (Wildman–Crippen LogP) is 3.01. The molecule has 1 fully saturated rings. The van der Waals surface area contributed by atoms with Gasteiger partial charge in [-0.25, -0.2) is 4.63 Å². The third kappa shape index (κ3) is 4.82. The van der Waals surface area contributed by atoms with Gasteiger partial charge in [-0.3, -0.25) is 9.59 Å². The number of carbonyl (C=O) groups excluding carboxylic acids is 2. The van der Waals surface area contributed by atoms with E-state index < -0.39 is 0 Å². The highest BCUT2D eigenvalue weighted by Gasteiger charge is 2.33. The van der Waals surface area contributed by atoms with Crippen LogP contribution in [0.15, 0.2) is 53.2 Å². The van der Waals surface area contributed by atoms with Gasteiger partial charge >= 0.3 is 0 Å². The summed E-state index contributed by atoms with van der Waals surface area (Å²) in [6.45, 7) is 4.74. The largest absolute Gasteiger partial charge is 0.497 e. The van der Waals surface area contributed by atoms with Crippen molar-refractivity contribution in [1.29, 1.82) is 0 Å². The Balaban J connectivity index is 1.54.